The number of amides is 3. The number of imide groups is 1. The van der Waals surface area contributed by atoms with E-state index < -0.39 is 23.3 Å². The molecular weight excluding hydrogens is 337 g/mol. The molecule has 9 heteroatoms. The highest BCUT2D eigenvalue weighted by atomic mass is 19.4. The SMILES string of the molecule is O=C1NC(=O)C2(CCN(c3cc(C(F)(F)F)cc4[nH]ccc34)CC2)N1. The molecule has 2 aliphatic heterocycles. The van der Waals surface area contributed by atoms with E-state index in [0.29, 0.717) is 42.5 Å². The molecule has 2 fully saturated rings. The van der Waals surface area contributed by atoms with Crippen LogP contribution in [0.4, 0.5) is 23.7 Å². The van der Waals surface area contributed by atoms with Gasteiger partial charge in [0.2, 0.25) is 0 Å². The second kappa shape index (κ2) is 5.14. The van der Waals surface area contributed by atoms with Crippen LogP contribution in [0, 0.1) is 0 Å². The van der Waals surface area contributed by atoms with Crippen LogP contribution in [-0.2, 0) is 11.0 Å². The number of alkyl halides is 3. The van der Waals surface area contributed by atoms with Gasteiger partial charge >= 0.3 is 12.2 Å². The lowest BCUT2D eigenvalue weighted by atomic mass is 9.87. The standard InChI is InChI=1S/C16H15F3N4O2/c17-16(18,19)9-7-11-10(1-4-20-11)12(8-9)23-5-2-15(3-6-23)13(24)21-14(25)22-15/h1,4,7-8,20H,2-3,5-6H2,(H2,21,22,24,25). The van der Waals surface area contributed by atoms with Gasteiger partial charge in [0.15, 0.2) is 0 Å². The van der Waals surface area contributed by atoms with Crippen molar-refractivity contribution in [3.63, 3.8) is 0 Å². The maximum absolute atomic E-state index is 13.2. The Labute approximate surface area is 140 Å². The molecular formula is C16H15F3N4O2. The molecule has 3 heterocycles. The molecule has 1 aromatic carbocycles. The summed E-state index contributed by atoms with van der Waals surface area (Å²) < 4.78 is 39.5. The maximum Gasteiger partial charge on any atom is 0.416 e. The highest BCUT2D eigenvalue weighted by molar-refractivity contribution is 6.07. The van der Waals surface area contributed by atoms with Crippen LogP contribution < -0.4 is 15.5 Å². The monoisotopic (exact) mass is 352 g/mol. The van der Waals surface area contributed by atoms with Crippen LogP contribution in [0.1, 0.15) is 18.4 Å². The number of H-pyrrole nitrogens is 1. The van der Waals surface area contributed by atoms with E-state index in [4.69, 9.17) is 0 Å². The fraction of sp³-hybridized carbons (Fsp3) is 0.375. The van der Waals surface area contributed by atoms with Gasteiger partial charge in [-0.3, -0.25) is 10.1 Å². The highest BCUT2D eigenvalue weighted by Crippen LogP contribution is 2.38. The van der Waals surface area contributed by atoms with Crippen LogP contribution in [0.2, 0.25) is 0 Å². The number of anilines is 1. The Bertz CT molecular complexity index is 866. The van der Waals surface area contributed by atoms with Crippen LogP contribution in [0.5, 0.6) is 0 Å². The molecule has 1 spiro atoms. The van der Waals surface area contributed by atoms with Gasteiger partial charge in [-0.05, 0) is 31.0 Å². The Hall–Kier alpha value is -2.71. The van der Waals surface area contributed by atoms with Gasteiger partial charge in [-0.15, -0.1) is 0 Å². The average molecular weight is 352 g/mol. The van der Waals surface area contributed by atoms with Crippen molar-refractivity contribution in [2.45, 2.75) is 24.6 Å². The number of fused-ring (bicyclic) bond motifs is 1. The Morgan fingerprint density at radius 3 is 2.44 bits per heavy atom. The van der Waals surface area contributed by atoms with E-state index in [-0.39, 0.29) is 5.91 Å². The van der Waals surface area contributed by atoms with Gasteiger partial charge in [0.05, 0.1) is 5.56 Å². The van der Waals surface area contributed by atoms with Gasteiger partial charge < -0.3 is 15.2 Å². The smallest absolute Gasteiger partial charge is 0.371 e. The van der Waals surface area contributed by atoms with Crippen molar-refractivity contribution in [1.82, 2.24) is 15.6 Å². The number of aromatic nitrogens is 1. The summed E-state index contributed by atoms with van der Waals surface area (Å²) in [5.41, 5.74) is -0.778. The first kappa shape index (κ1) is 15.8. The van der Waals surface area contributed by atoms with Gasteiger partial charge in [-0.25, -0.2) is 4.79 Å². The number of nitrogens with zero attached hydrogens (tertiary/aromatic N) is 1. The molecule has 4 rings (SSSR count). The van der Waals surface area contributed by atoms with Gasteiger partial charge in [0.25, 0.3) is 5.91 Å². The molecule has 3 N–H and O–H groups in total. The quantitative estimate of drug-likeness (QED) is 0.690. The number of rotatable bonds is 1. The number of urea groups is 1. The molecule has 0 aliphatic carbocycles. The Morgan fingerprint density at radius 1 is 1.12 bits per heavy atom. The second-order valence-electron chi connectivity index (χ2n) is 6.41. The second-order valence-corrected chi connectivity index (χ2v) is 6.41. The minimum atomic E-state index is -4.44. The molecule has 3 amide bonds. The van der Waals surface area contributed by atoms with Crippen LogP contribution >= 0.6 is 0 Å². The summed E-state index contributed by atoms with van der Waals surface area (Å²) in [7, 11) is 0. The number of piperidine rings is 1. The zero-order valence-corrected chi connectivity index (χ0v) is 13.0. The minimum Gasteiger partial charge on any atom is -0.371 e. The molecule has 0 bridgehead atoms. The zero-order valence-electron chi connectivity index (χ0n) is 13.0. The van der Waals surface area contributed by atoms with E-state index >= 15 is 0 Å². The fourth-order valence-electron chi connectivity index (χ4n) is 3.58. The first-order valence-electron chi connectivity index (χ1n) is 7.85. The van der Waals surface area contributed by atoms with Crippen molar-refractivity contribution in [3.8, 4) is 0 Å². The molecule has 2 aromatic rings. The van der Waals surface area contributed by atoms with E-state index in [9.17, 15) is 22.8 Å². The van der Waals surface area contributed by atoms with E-state index in [1.165, 1.54) is 0 Å². The number of aromatic amines is 1. The summed E-state index contributed by atoms with van der Waals surface area (Å²) in [6.45, 7) is 0.741. The van der Waals surface area contributed by atoms with Crippen molar-refractivity contribution in [3.05, 3.63) is 30.0 Å². The molecule has 132 valence electrons. The summed E-state index contributed by atoms with van der Waals surface area (Å²) in [5, 5.41) is 5.57. The Morgan fingerprint density at radius 2 is 1.84 bits per heavy atom. The predicted molar refractivity (Wildman–Crippen MR) is 84.2 cm³/mol. The maximum atomic E-state index is 13.2. The third kappa shape index (κ3) is 2.50. The molecule has 2 saturated heterocycles. The highest BCUT2D eigenvalue weighted by Gasteiger charge is 2.48. The Kier molecular flexibility index (Phi) is 3.25. The fourth-order valence-corrected chi connectivity index (χ4v) is 3.58. The first-order chi connectivity index (χ1) is 11.8. The van der Waals surface area contributed by atoms with Crippen molar-refractivity contribution >= 4 is 28.5 Å². The molecule has 1 aromatic heterocycles. The number of carbonyl (C=O) groups is 2. The Balaban J connectivity index is 1.66. The largest absolute Gasteiger partial charge is 0.416 e. The van der Waals surface area contributed by atoms with Crippen molar-refractivity contribution in [2.75, 3.05) is 18.0 Å². The molecule has 0 atom stereocenters. The van der Waals surface area contributed by atoms with E-state index in [2.05, 4.69) is 15.6 Å². The molecule has 25 heavy (non-hydrogen) atoms. The number of benzene rings is 1. The van der Waals surface area contributed by atoms with Gasteiger partial charge in [-0.2, -0.15) is 13.2 Å². The number of hydrogen-bond donors (Lipinski definition) is 3. The van der Waals surface area contributed by atoms with E-state index in [1.807, 2.05) is 4.90 Å². The lowest BCUT2D eigenvalue weighted by Crippen LogP contribution is -2.55. The molecule has 0 radical (unpaired) electrons. The third-order valence-electron chi connectivity index (χ3n) is 4.95. The van der Waals surface area contributed by atoms with Crippen LogP contribution in [0.25, 0.3) is 10.9 Å². The number of hydrogen-bond acceptors (Lipinski definition) is 3. The summed E-state index contributed by atoms with van der Waals surface area (Å²) in [6.07, 6.45) is -2.16. The van der Waals surface area contributed by atoms with E-state index in [1.54, 1.807) is 12.3 Å². The number of halogens is 3. The van der Waals surface area contributed by atoms with Crippen LogP contribution in [0.15, 0.2) is 24.4 Å². The molecule has 6 nitrogen and oxygen atoms in total. The summed E-state index contributed by atoms with van der Waals surface area (Å²) >= 11 is 0. The number of nitrogens with one attached hydrogen (secondary N) is 3. The summed E-state index contributed by atoms with van der Waals surface area (Å²) in [6, 6.07) is 3.45. The topological polar surface area (TPSA) is 77.2 Å². The van der Waals surface area contributed by atoms with Gasteiger partial charge in [0, 0.05) is 35.9 Å². The lowest BCUT2D eigenvalue weighted by Gasteiger charge is -2.38. The van der Waals surface area contributed by atoms with Crippen LogP contribution in [-0.4, -0.2) is 35.6 Å². The van der Waals surface area contributed by atoms with Crippen molar-refractivity contribution in [2.24, 2.45) is 0 Å². The normalized spacial score (nSPS) is 20.2. The van der Waals surface area contributed by atoms with Gasteiger partial charge in [0.1, 0.15) is 5.54 Å². The number of carbonyl (C=O) groups excluding carboxylic acids is 2. The zero-order chi connectivity index (χ0) is 17.8. The molecule has 0 unspecified atom stereocenters. The average Bonchev–Trinajstić information content (AvgIpc) is 3.11. The van der Waals surface area contributed by atoms with Crippen molar-refractivity contribution in [1.29, 1.82) is 0 Å². The molecule has 2 aliphatic rings. The van der Waals surface area contributed by atoms with E-state index in [0.717, 1.165) is 12.1 Å². The van der Waals surface area contributed by atoms with Gasteiger partial charge in [-0.1, -0.05) is 0 Å². The lowest BCUT2D eigenvalue weighted by molar-refractivity contribution is -0.137. The minimum absolute atomic E-state index is 0.340. The predicted octanol–water partition coefficient (Wildman–Crippen LogP) is 2.37. The first-order valence-corrected chi connectivity index (χ1v) is 7.85. The third-order valence-corrected chi connectivity index (χ3v) is 4.95. The summed E-state index contributed by atoms with van der Waals surface area (Å²) in [5.74, 6) is -0.368. The van der Waals surface area contributed by atoms with Crippen molar-refractivity contribution < 1.29 is 22.8 Å². The summed E-state index contributed by atoms with van der Waals surface area (Å²) in [4.78, 5) is 28.0. The van der Waals surface area contributed by atoms with Crippen LogP contribution in [0.3, 0.4) is 0 Å². The molecule has 0 saturated carbocycles.